The van der Waals surface area contributed by atoms with Crippen LogP contribution in [0.4, 0.5) is 16.0 Å². The lowest BCUT2D eigenvalue weighted by Crippen LogP contribution is -1.97. The van der Waals surface area contributed by atoms with Gasteiger partial charge in [0.25, 0.3) is 0 Å². The van der Waals surface area contributed by atoms with Crippen LogP contribution in [-0.4, -0.2) is 16.5 Å². The fourth-order valence-electron chi connectivity index (χ4n) is 1.36. The molecule has 0 saturated carbocycles. The van der Waals surface area contributed by atoms with Crippen LogP contribution in [-0.2, 0) is 0 Å². The second kappa shape index (κ2) is 6.47. The molecule has 4 nitrogen and oxygen atoms in total. The molecule has 2 aromatic rings. The Balaban J connectivity index is 2.03. The molecule has 2 rings (SSSR count). The number of benzene rings is 1. The summed E-state index contributed by atoms with van der Waals surface area (Å²) < 4.78 is 12.7. The molecule has 1 heterocycles. The number of anilines is 2. The standard InChI is InChI=1S/C14H13FN4/c15-12-4-6-13(7-5-12)19-14-17-9-11(10-18-14)3-1-2-8-16/h4-7,9-10H,2,8,16H2,(H,17,18,19). The van der Waals surface area contributed by atoms with E-state index < -0.39 is 0 Å². The molecule has 0 bridgehead atoms. The van der Waals surface area contributed by atoms with E-state index in [-0.39, 0.29) is 5.82 Å². The van der Waals surface area contributed by atoms with Crippen LogP contribution in [0.3, 0.4) is 0 Å². The molecule has 0 fully saturated rings. The lowest BCUT2D eigenvalue weighted by atomic mass is 10.3. The minimum atomic E-state index is -0.281. The zero-order chi connectivity index (χ0) is 13.5. The summed E-state index contributed by atoms with van der Waals surface area (Å²) in [7, 11) is 0. The minimum Gasteiger partial charge on any atom is -0.330 e. The topological polar surface area (TPSA) is 63.8 Å². The highest BCUT2D eigenvalue weighted by Gasteiger charge is 1.98. The molecule has 0 atom stereocenters. The van der Waals surface area contributed by atoms with Crippen molar-refractivity contribution in [2.24, 2.45) is 5.73 Å². The minimum absolute atomic E-state index is 0.281. The summed E-state index contributed by atoms with van der Waals surface area (Å²) in [6.07, 6.45) is 3.90. The molecule has 5 heteroatoms. The van der Waals surface area contributed by atoms with Crippen molar-refractivity contribution < 1.29 is 4.39 Å². The number of hydrogen-bond acceptors (Lipinski definition) is 4. The van der Waals surface area contributed by atoms with Gasteiger partial charge in [-0.15, -0.1) is 0 Å². The molecule has 1 aromatic heterocycles. The van der Waals surface area contributed by atoms with Gasteiger partial charge in [-0.25, -0.2) is 14.4 Å². The highest BCUT2D eigenvalue weighted by Crippen LogP contribution is 2.12. The van der Waals surface area contributed by atoms with Crippen LogP contribution in [0.25, 0.3) is 0 Å². The average molecular weight is 256 g/mol. The maximum atomic E-state index is 12.7. The Morgan fingerprint density at radius 2 is 1.84 bits per heavy atom. The van der Waals surface area contributed by atoms with Gasteiger partial charge in [-0.05, 0) is 24.3 Å². The molecule has 0 saturated heterocycles. The predicted octanol–water partition coefficient (Wildman–Crippen LogP) is 2.06. The molecule has 0 radical (unpaired) electrons. The predicted molar refractivity (Wildman–Crippen MR) is 72.3 cm³/mol. The van der Waals surface area contributed by atoms with Gasteiger partial charge >= 0.3 is 0 Å². The summed E-state index contributed by atoms with van der Waals surface area (Å²) in [5.74, 6) is 5.98. The molecule has 0 amide bonds. The molecule has 0 aliphatic rings. The Morgan fingerprint density at radius 3 is 2.47 bits per heavy atom. The molecule has 0 aliphatic heterocycles. The zero-order valence-electron chi connectivity index (χ0n) is 10.2. The largest absolute Gasteiger partial charge is 0.330 e. The van der Waals surface area contributed by atoms with Crippen LogP contribution < -0.4 is 11.1 Å². The third-order valence-electron chi connectivity index (χ3n) is 2.25. The lowest BCUT2D eigenvalue weighted by Gasteiger charge is -2.03. The normalized spacial score (nSPS) is 9.58. The van der Waals surface area contributed by atoms with E-state index in [2.05, 4.69) is 27.1 Å². The van der Waals surface area contributed by atoms with E-state index >= 15 is 0 Å². The molecule has 19 heavy (non-hydrogen) atoms. The number of nitrogens with one attached hydrogen (secondary N) is 1. The summed E-state index contributed by atoms with van der Waals surface area (Å²) >= 11 is 0. The van der Waals surface area contributed by atoms with Gasteiger partial charge in [0.2, 0.25) is 5.95 Å². The number of nitrogens with zero attached hydrogens (tertiary/aromatic N) is 2. The summed E-state index contributed by atoms with van der Waals surface area (Å²) in [5.41, 5.74) is 6.80. The molecule has 96 valence electrons. The molecule has 0 aliphatic carbocycles. The molecule has 3 N–H and O–H groups in total. The fourth-order valence-corrected chi connectivity index (χ4v) is 1.36. The van der Waals surface area contributed by atoms with Gasteiger partial charge in [0.1, 0.15) is 5.82 Å². The number of aromatic nitrogens is 2. The first kappa shape index (κ1) is 13.0. The lowest BCUT2D eigenvalue weighted by molar-refractivity contribution is 0.628. The number of rotatable bonds is 3. The van der Waals surface area contributed by atoms with E-state index in [1.165, 1.54) is 12.1 Å². The van der Waals surface area contributed by atoms with E-state index in [4.69, 9.17) is 5.73 Å². The first-order valence-corrected chi connectivity index (χ1v) is 5.81. The van der Waals surface area contributed by atoms with Gasteiger partial charge in [-0.3, -0.25) is 0 Å². The average Bonchev–Trinajstić information content (AvgIpc) is 2.44. The Morgan fingerprint density at radius 1 is 1.16 bits per heavy atom. The van der Waals surface area contributed by atoms with E-state index in [9.17, 15) is 4.39 Å². The Labute approximate surface area is 110 Å². The molecule has 1 aromatic carbocycles. The van der Waals surface area contributed by atoms with Crippen molar-refractivity contribution in [3.05, 3.63) is 48.0 Å². The van der Waals surface area contributed by atoms with E-state index in [0.717, 1.165) is 11.3 Å². The molecule has 0 spiro atoms. The van der Waals surface area contributed by atoms with Crippen molar-refractivity contribution in [1.82, 2.24) is 9.97 Å². The van der Waals surface area contributed by atoms with Crippen molar-refractivity contribution in [3.8, 4) is 11.8 Å². The van der Waals surface area contributed by atoms with Crippen LogP contribution in [0.1, 0.15) is 12.0 Å². The quantitative estimate of drug-likeness (QED) is 0.825. The van der Waals surface area contributed by atoms with E-state index in [0.29, 0.717) is 18.9 Å². The van der Waals surface area contributed by atoms with E-state index in [1.54, 1.807) is 24.5 Å². The molecular formula is C14H13FN4. The van der Waals surface area contributed by atoms with Crippen LogP contribution in [0.2, 0.25) is 0 Å². The van der Waals surface area contributed by atoms with Gasteiger partial charge in [-0.1, -0.05) is 11.8 Å². The van der Waals surface area contributed by atoms with Gasteiger partial charge in [0.05, 0.1) is 5.56 Å². The number of nitrogens with two attached hydrogens (primary N) is 1. The summed E-state index contributed by atoms with van der Waals surface area (Å²) in [4.78, 5) is 8.25. The van der Waals surface area contributed by atoms with Crippen LogP contribution in [0.5, 0.6) is 0 Å². The first-order chi connectivity index (χ1) is 9.28. The monoisotopic (exact) mass is 256 g/mol. The summed E-state index contributed by atoms with van der Waals surface area (Å²) in [6, 6.07) is 5.98. The Bertz CT molecular complexity index is 582. The second-order valence-electron chi connectivity index (χ2n) is 3.77. The van der Waals surface area contributed by atoms with Crippen molar-refractivity contribution in [3.63, 3.8) is 0 Å². The van der Waals surface area contributed by atoms with Crippen LogP contribution >= 0.6 is 0 Å². The van der Waals surface area contributed by atoms with Crippen LogP contribution in [0.15, 0.2) is 36.7 Å². The molecular weight excluding hydrogens is 243 g/mol. The van der Waals surface area contributed by atoms with Crippen molar-refractivity contribution in [2.75, 3.05) is 11.9 Å². The maximum Gasteiger partial charge on any atom is 0.227 e. The fraction of sp³-hybridized carbons (Fsp3) is 0.143. The van der Waals surface area contributed by atoms with Crippen LogP contribution in [0, 0.1) is 17.7 Å². The van der Waals surface area contributed by atoms with E-state index in [1.807, 2.05) is 0 Å². The highest BCUT2D eigenvalue weighted by atomic mass is 19.1. The number of halogens is 1. The maximum absolute atomic E-state index is 12.7. The zero-order valence-corrected chi connectivity index (χ0v) is 10.2. The van der Waals surface area contributed by atoms with Gasteiger partial charge < -0.3 is 11.1 Å². The number of hydrogen-bond donors (Lipinski definition) is 2. The van der Waals surface area contributed by atoms with Gasteiger partial charge in [0, 0.05) is 31.0 Å². The van der Waals surface area contributed by atoms with Crippen molar-refractivity contribution in [1.29, 1.82) is 0 Å². The van der Waals surface area contributed by atoms with Gasteiger partial charge in [0.15, 0.2) is 0 Å². The van der Waals surface area contributed by atoms with Crippen molar-refractivity contribution >= 4 is 11.6 Å². The third kappa shape index (κ3) is 4.05. The summed E-state index contributed by atoms with van der Waals surface area (Å²) in [6.45, 7) is 0.540. The molecule has 0 unspecified atom stereocenters. The van der Waals surface area contributed by atoms with Crippen molar-refractivity contribution in [2.45, 2.75) is 6.42 Å². The highest BCUT2D eigenvalue weighted by molar-refractivity contribution is 5.52. The van der Waals surface area contributed by atoms with Gasteiger partial charge in [-0.2, -0.15) is 0 Å². The third-order valence-corrected chi connectivity index (χ3v) is 2.25. The Kier molecular flexibility index (Phi) is 4.43. The Hall–Kier alpha value is -2.45. The second-order valence-corrected chi connectivity index (χ2v) is 3.77. The first-order valence-electron chi connectivity index (χ1n) is 5.81. The smallest absolute Gasteiger partial charge is 0.227 e. The summed E-state index contributed by atoms with van der Waals surface area (Å²) in [5, 5.41) is 2.97. The SMILES string of the molecule is NCCC#Cc1cnc(Nc2ccc(F)cc2)nc1.